The van der Waals surface area contributed by atoms with Crippen molar-refractivity contribution in [2.75, 3.05) is 19.6 Å². The third kappa shape index (κ3) is 4.88. The predicted molar refractivity (Wildman–Crippen MR) is 80.2 cm³/mol. The first-order valence-corrected chi connectivity index (χ1v) is 7.92. The summed E-state index contributed by atoms with van der Waals surface area (Å²) in [4.78, 5) is 24.5. The molecule has 0 aromatic rings. The van der Waals surface area contributed by atoms with E-state index in [9.17, 15) is 9.59 Å². The molecule has 0 aromatic carbocycles. The lowest BCUT2D eigenvalue weighted by molar-refractivity contribution is -0.139. The van der Waals surface area contributed by atoms with Gasteiger partial charge in [0.25, 0.3) is 0 Å². The molecule has 0 saturated heterocycles. The maximum Gasteiger partial charge on any atom is 0.317 e. The van der Waals surface area contributed by atoms with Crippen LogP contribution in [0.1, 0.15) is 46.0 Å². The normalized spacial score (nSPS) is 26.0. The Bertz CT molecular complexity index is 390. The molecule has 2 rings (SSSR count). The maximum absolute atomic E-state index is 11.7. The summed E-state index contributed by atoms with van der Waals surface area (Å²) in [5, 5.41) is 14.7. The lowest BCUT2D eigenvalue weighted by Crippen LogP contribution is -2.56. The molecule has 0 atom stereocenters. The first-order valence-electron chi connectivity index (χ1n) is 7.92. The lowest BCUT2D eigenvalue weighted by atomic mass is 9.85. The second-order valence-electron chi connectivity index (χ2n) is 6.74. The first kappa shape index (κ1) is 16.1. The maximum atomic E-state index is 11.7. The van der Waals surface area contributed by atoms with Gasteiger partial charge < -0.3 is 15.7 Å². The number of carboxylic acids is 1. The molecule has 2 fully saturated rings. The molecule has 0 radical (unpaired) electrons. The van der Waals surface area contributed by atoms with Gasteiger partial charge in [-0.25, -0.2) is 4.79 Å². The van der Waals surface area contributed by atoms with Gasteiger partial charge in [0.1, 0.15) is 0 Å². The Morgan fingerprint density at radius 1 is 1.33 bits per heavy atom. The summed E-state index contributed by atoms with van der Waals surface area (Å²) in [6.45, 7) is 5.77. The highest BCUT2D eigenvalue weighted by Crippen LogP contribution is 2.47. The molecule has 3 N–H and O–H groups in total. The summed E-state index contributed by atoms with van der Waals surface area (Å²) in [5.74, 6) is -0.792. The van der Waals surface area contributed by atoms with Crippen LogP contribution < -0.4 is 10.6 Å². The van der Waals surface area contributed by atoms with E-state index in [4.69, 9.17) is 5.11 Å². The number of likely N-dealkylation sites (N-methyl/N-ethyl adjacent to an activating group) is 1. The van der Waals surface area contributed by atoms with Crippen LogP contribution in [0.15, 0.2) is 0 Å². The predicted octanol–water partition coefficient (Wildman–Crippen LogP) is 1.41. The van der Waals surface area contributed by atoms with E-state index >= 15 is 0 Å². The molecule has 2 saturated carbocycles. The van der Waals surface area contributed by atoms with Crippen LogP contribution in [-0.4, -0.2) is 53.7 Å². The smallest absolute Gasteiger partial charge is 0.317 e. The highest BCUT2D eigenvalue weighted by atomic mass is 16.4. The van der Waals surface area contributed by atoms with Crippen LogP contribution in [0, 0.1) is 5.41 Å². The van der Waals surface area contributed by atoms with Crippen molar-refractivity contribution in [3.8, 4) is 0 Å². The van der Waals surface area contributed by atoms with Gasteiger partial charge in [0, 0.05) is 18.6 Å². The molecule has 0 bridgehead atoms. The van der Waals surface area contributed by atoms with Crippen LogP contribution in [0.5, 0.6) is 0 Å². The minimum absolute atomic E-state index is 0.0820. The molecular formula is C15H27N3O3. The molecule has 0 heterocycles. The lowest BCUT2D eigenvalue weighted by Gasteiger charge is -2.42. The van der Waals surface area contributed by atoms with E-state index in [1.807, 2.05) is 11.8 Å². The largest absolute Gasteiger partial charge is 0.480 e. The van der Waals surface area contributed by atoms with E-state index in [0.29, 0.717) is 5.41 Å². The summed E-state index contributed by atoms with van der Waals surface area (Å²) in [6.07, 6.45) is 5.28. The Hall–Kier alpha value is -1.30. The van der Waals surface area contributed by atoms with E-state index < -0.39 is 5.97 Å². The number of nitrogens with one attached hydrogen (secondary N) is 2. The number of hydrogen-bond donors (Lipinski definition) is 3. The van der Waals surface area contributed by atoms with E-state index in [0.717, 1.165) is 32.4 Å². The molecule has 0 unspecified atom stereocenters. The minimum atomic E-state index is -0.792. The summed E-state index contributed by atoms with van der Waals surface area (Å²) in [7, 11) is 0. The molecule has 6 nitrogen and oxygen atoms in total. The van der Waals surface area contributed by atoms with Crippen molar-refractivity contribution in [3.05, 3.63) is 0 Å². The van der Waals surface area contributed by atoms with Crippen molar-refractivity contribution in [2.45, 2.75) is 58.0 Å². The average Bonchev–Trinajstić information content (AvgIpc) is 3.08. The highest BCUT2D eigenvalue weighted by molar-refractivity contribution is 5.74. The van der Waals surface area contributed by atoms with Gasteiger partial charge in [-0.3, -0.25) is 9.69 Å². The quantitative estimate of drug-likeness (QED) is 0.633. The number of carbonyl (C=O) groups is 2. The standard InChI is InChI=1S/C15H27N3O3/c1-3-18(10-13(19)20)12-8-11(9-12)17-14(21)16-7-6-15(2)4-5-15/h11-12H,3-10H2,1-2H3,(H,19,20)(H2,16,17,21). The van der Waals surface area contributed by atoms with Crippen LogP contribution in [-0.2, 0) is 4.79 Å². The zero-order chi connectivity index (χ0) is 15.5. The van der Waals surface area contributed by atoms with Crippen molar-refractivity contribution >= 4 is 12.0 Å². The molecular weight excluding hydrogens is 270 g/mol. The number of aliphatic carboxylic acids is 1. The second kappa shape index (κ2) is 6.64. The van der Waals surface area contributed by atoms with Gasteiger partial charge >= 0.3 is 12.0 Å². The van der Waals surface area contributed by atoms with Gasteiger partial charge in [0.2, 0.25) is 0 Å². The molecule has 21 heavy (non-hydrogen) atoms. The van der Waals surface area contributed by atoms with E-state index in [2.05, 4.69) is 17.6 Å². The molecule has 0 aliphatic heterocycles. The summed E-state index contributed by atoms with van der Waals surface area (Å²) in [5.41, 5.74) is 0.466. The zero-order valence-corrected chi connectivity index (χ0v) is 13.0. The van der Waals surface area contributed by atoms with Crippen LogP contribution in [0.25, 0.3) is 0 Å². The van der Waals surface area contributed by atoms with Crippen molar-refractivity contribution in [3.63, 3.8) is 0 Å². The SMILES string of the molecule is CCN(CC(=O)O)C1CC(NC(=O)NCCC2(C)CC2)C1. The van der Waals surface area contributed by atoms with Gasteiger partial charge in [-0.1, -0.05) is 13.8 Å². The summed E-state index contributed by atoms with van der Waals surface area (Å²) < 4.78 is 0. The fraction of sp³-hybridized carbons (Fsp3) is 0.867. The molecule has 6 heteroatoms. The fourth-order valence-electron chi connectivity index (χ4n) is 2.85. The molecule has 2 aliphatic rings. The fourth-order valence-corrected chi connectivity index (χ4v) is 2.85. The molecule has 0 aromatic heterocycles. The van der Waals surface area contributed by atoms with Crippen LogP contribution in [0.2, 0.25) is 0 Å². The van der Waals surface area contributed by atoms with Crippen LogP contribution in [0.3, 0.4) is 0 Å². The van der Waals surface area contributed by atoms with Crippen molar-refractivity contribution in [1.82, 2.24) is 15.5 Å². The Kier molecular flexibility index (Phi) is 5.08. The van der Waals surface area contributed by atoms with Gasteiger partial charge in [-0.2, -0.15) is 0 Å². The number of amides is 2. The number of hydrogen-bond acceptors (Lipinski definition) is 3. The van der Waals surface area contributed by atoms with Crippen molar-refractivity contribution in [2.24, 2.45) is 5.41 Å². The van der Waals surface area contributed by atoms with Crippen molar-refractivity contribution < 1.29 is 14.7 Å². The Balaban J connectivity index is 1.58. The van der Waals surface area contributed by atoms with E-state index in [-0.39, 0.29) is 24.7 Å². The molecule has 2 amide bonds. The highest BCUT2D eigenvalue weighted by Gasteiger charge is 2.37. The Morgan fingerprint density at radius 3 is 2.52 bits per heavy atom. The topological polar surface area (TPSA) is 81.7 Å². The monoisotopic (exact) mass is 297 g/mol. The first-order chi connectivity index (χ1) is 9.92. The third-order valence-electron chi connectivity index (χ3n) is 4.83. The average molecular weight is 297 g/mol. The molecule has 120 valence electrons. The zero-order valence-electron chi connectivity index (χ0n) is 13.0. The van der Waals surface area contributed by atoms with E-state index in [1.54, 1.807) is 0 Å². The Labute approximate surface area is 126 Å². The number of nitrogens with zero attached hydrogens (tertiary/aromatic N) is 1. The molecule has 0 spiro atoms. The van der Waals surface area contributed by atoms with Gasteiger partial charge in [-0.05, 0) is 44.1 Å². The van der Waals surface area contributed by atoms with Gasteiger partial charge in [-0.15, -0.1) is 0 Å². The second-order valence-corrected chi connectivity index (χ2v) is 6.74. The minimum Gasteiger partial charge on any atom is -0.480 e. The van der Waals surface area contributed by atoms with E-state index in [1.165, 1.54) is 12.8 Å². The van der Waals surface area contributed by atoms with Gasteiger partial charge in [0.15, 0.2) is 0 Å². The number of carbonyl (C=O) groups excluding carboxylic acids is 1. The molecule has 2 aliphatic carbocycles. The number of carboxylic acid groups (broad SMARTS) is 1. The number of urea groups is 1. The summed E-state index contributed by atoms with van der Waals surface area (Å²) >= 11 is 0. The van der Waals surface area contributed by atoms with Crippen LogP contribution in [0.4, 0.5) is 4.79 Å². The Morgan fingerprint density at radius 2 is 2.00 bits per heavy atom. The van der Waals surface area contributed by atoms with Crippen LogP contribution >= 0.6 is 0 Å². The summed E-state index contributed by atoms with van der Waals surface area (Å²) in [6, 6.07) is 0.361. The van der Waals surface area contributed by atoms with Crippen molar-refractivity contribution in [1.29, 1.82) is 0 Å². The number of rotatable bonds is 8. The van der Waals surface area contributed by atoms with Gasteiger partial charge in [0.05, 0.1) is 6.54 Å². The third-order valence-corrected chi connectivity index (χ3v) is 4.83.